The van der Waals surface area contributed by atoms with E-state index in [1.165, 1.54) is 6.07 Å². The van der Waals surface area contributed by atoms with Crippen LogP contribution in [0, 0.1) is 27.7 Å². The molecular formula is C15H19N3O2S. The largest absolute Gasteiger partial charge is 0.399 e. The molecule has 0 unspecified atom stereocenters. The molecule has 1 aromatic carbocycles. The second-order valence-corrected chi connectivity index (χ2v) is 6.89. The summed E-state index contributed by atoms with van der Waals surface area (Å²) in [4.78, 5) is 4.38. The molecular weight excluding hydrogens is 286 g/mol. The molecule has 0 radical (unpaired) electrons. The Morgan fingerprint density at radius 1 is 1.05 bits per heavy atom. The van der Waals surface area contributed by atoms with Gasteiger partial charge < -0.3 is 5.73 Å². The smallest absolute Gasteiger partial charge is 0.263 e. The third kappa shape index (κ3) is 3.33. The number of hydrogen-bond donors (Lipinski definition) is 2. The first-order valence-corrected chi connectivity index (χ1v) is 8.02. The molecule has 0 saturated carbocycles. The van der Waals surface area contributed by atoms with E-state index >= 15 is 0 Å². The summed E-state index contributed by atoms with van der Waals surface area (Å²) in [6.07, 6.45) is 0. The Hall–Kier alpha value is -2.08. The van der Waals surface area contributed by atoms with Crippen molar-refractivity contribution in [3.05, 3.63) is 46.6 Å². The van der Waals surface area contributed by atoms with E-state index < -0.39 is 10.0 Å². The lowest BCUT2D eigenvalue weighted by molar-refractivity contribution is 0.600. The highest BCUT2D eigenvalue weighted by Crippen LogP contribution is 2.24. The molecule has 1 aromatic heterocycles. The fourth-order valence-electron chi connectivity index (χ4n) is 2.22. The molecule has 0 aliphatic carbocycles. The summed E-state index contributed by atoms with van der Waals surface area (Å²) in [7, 11) is -3.72. The van der Waals surface area contributed by atoms with Gasteiger partial charge in [-0.1, -0.05) is 0 Å². The normalized spacial score (nSPS) is 11.4. The van der Waals surface area contributed by atoms with Crippen molar-refractivity contribution in [3.8, 4) is 0 Å². The molecule has 0 saturated heterocycles. The highest BCUT2D eigenvalue weighted by Gasteiger charge is 2.19. The van der Waals surface area contributed by atoms with E-state index in [1.807, 2.05) is 26.8 Å². The SMILES string of the molecule is Cc1cc(C)nc(NS(=O)(=O)c2cc(N)cc(C)c2C)c1. The molecule has 0 amide bonds. The lowest BCUT2D eigenvalue weighted by Crippen LogP contribution is -2.16. The van der Waals surface area contributed by atoms with Gasteiger partial charge in [0.15, 0.2) is 0 Å². The zero-order chi connectivity index (χ0) is 15.8. The maximum atomic E-state index is 12.5. The van der Waals surface area contributed by atoms with Crippen LogP contribution in [0.5, 0.6) is 0 Å². The van der Waals surface area contributed by atoms with Crippen LogP contribution in [0.1, 0.15) is 22.4 Å². The fraction of sp³-hybridized carbons (Fsp3) is 0.267. The van der Waals surface area contributed by atoms with Crippen molar-refractivity contribution in [1.29, 1.82) is 0 Å². The standard InChI is InChI=1S/C15H19N3O2S/c1-9-5-11(3)17-15(6-9)18-21(19,20)14-8-13(16)7-10(2)12(14)4/h5-8H,16H2,1-4H3,(H,17,18). The topological polar surface area (TPSA) is 85.1 Å². The molecule has 0 fully saturated rings. The summed E-state index contributed by atoms with van der Waals surface area (Å²) >= 11 is 0. The van der Waals surface area contributed by atoms with Crippen LogP contribution < -0.4 is 10.5 Å². The molecule has 0 aliphatic heterocycles. The number of rotatable bonds is 3. The van der Waals surface area contributed by atoms with Crippen LogP contribution >= 0.6 is 0 Å². The van der Waals surface area contributed by atoms with Gasteiger partial charge in [0, 0.05) is 11.4 Å². The van der Waals surface area contributed by atoms with Gasteiger partial charge in [-0.15, -0.1) is 0 Å². The summed E-state index contributed by atoms with van der Waals surface area (Å²) in [5, 5.41) is 0. The van der Waals surface area contributed by atoms with Crippen LogP contribution in [0.25, 0.3) is 0 Å². The summed E-state index contributed by atoms with van der Waals surface area (Å²) in [5.74, 6) is 0.312. The summed E-state index contributed by atoms with van der Waals surface area (Å²) < 4.78 is 27.6. The summed E-state index contributed by atoms with van der Waals surface area (Å²) in [5.41, 5.74) is 9.40. The number of pyridine rings is 1. The lowest BCUT2D eigenvalue weighted by Gasteiger charge is -2.13. The van der Waals surface area contributed by atoms with Gasteiger partial charge in [0.1, 0.15) is 5.82 Å². The van der Waals surface area contributed by atoms with E-state index in [2.05, 4.69) is 9.71 Å². The number of aryl methyl sites for hydroxylation is 3. The van der Waals surface area contributed by atoms with Gasteiger partial charge in [-0.3, -0.25) is 4.72 Å². The Morgan fingerprint density at radius 2 is 1.71 bits per heavy atom. The average molecular weight is 305 g/mol. The monoisotopic (exact) mass is 305 g/mol. The van der Waals surface area contributed by atoms with E-state index in [4.69, 9.17) is 5.73 Å². The van der Waals surface area contributed by atoms with Gasteiger partial charge in [0.2, 0.25) is 0 Å². The third-order valence-corrected chi connectivity index (χ3v) is 4.75. The molecule has 0 bridgehead atoms. The average Bonchev–Trinajstić information content (AvgIpc) is 2.31. The first-order valence-electron chi connectivity index (χ1n) is 6.54. The molecule has 2 rings (SSSR count). The van der Waals surface area contributed by atoms with Crippen molar-refractivity contribution in [2.24, 2.45) is 0 Å². The first-order chi connectivity index (χ1) is 9.69. The quantitative estimate of drug-likeness (QED) is 0.854. The molecule has 0 atom stereocenters. The Labute approximate surface area is 125 Å². The number of nitrogens with one attached hydrogen (secondary N) is 1. The van der Waals surface area contributed by atoms with Crippen molar-refractivity contribution in [2.45, 2.75) is 32.6 Å². The predicted octanol–water partition coefficient (Wildman–Crippen LogP) is 2.70. The Kier molecular flexibility index (Phi) is 3.91. The predicted molar refractivity (Wildman–Crippen MR) is 84.8 cm³/mol. The molecule has 3 N–H and O–H groups in total. The lowest BCUT2D eigenvalue weighted by atomic mass is 10.1. The van der Waals surface area contributed by atoms with Gasteiger partial charge in [-0.2, -0.15) is 0 Å². The molecule has 0 aliphatic rings. The Bertz CT molecular complexity index is 779. The van der Waals surface area contributed by atoms with Crippen LogP contribution in [0.4, 0.5) is 11.5 Å². The van der Waals surface area contributed by atoms with Crippen LogP contribution in [0.2, 0.25) is 0 Å². The zero-order valence-electron chi connectivity index (χ0n) is 12.6. The minimum Gasteiger partial charge on any atom is -0.399 e. The number of benzene rings is 1. The number of aromatic nitrogens is 1. The third-order valence-electron chi connectivity index (χ3n) is 3.27. The van der Waals surface area contributed by atoms with Gasteiger partial charge in [0.25, 0.3) is 10.0 Å². The molecule has 2 aromatic rings. The maximum absolute atomic E-state index is 12.5. The number of nitrogens with two attached hydrogens (primary N) is 1. The van der Waals surface area contributed by atoms with E-state index in [0.29, 0.717) is 17.1 Å². The van der Waals surface area contributed by atoms with Gasteiger partial charge in [-0.25, -0.2) is 13.4 Å². The number of anilines is 2. The van der Waals surface area contributed by atoms with Crippen molar-refractivity contribution in [1.82, 2.24) is 4.98 Å². The van der Waals surface area contributed by atoms with Crippen molar-refractivity contribution in [3.63, 3.8) is 0 Å². The highest BCUT2D eigenvalue weighted by atomic mass is 32.2. The minimum atomic E-state index is -3.72. The van der Waals surface area contributed by atoms with Gasteiger partial charge in [0.05, 0.1) is 4.90 Å². The van der Waals surface area contributed by atoms with E-state index in [9.17, 15) is 8.42 Å². The van der Waals surface area contributed by atoms with Crippen molar-refractivity contribution >= 4 is 21.5 Å². The zero-order valence-corrected chi connectivity index (χ0v) is 13.4. The van der Waals surface area contributed by atoms with E-state index in [0.717, 1.165) is 16.8 Å². The second kappa shape index (κ2) is 5.37. The molecule has 6 heteroatoms. The summed E-state index contributed by atoms with van der Waals surface area (Å²) in [6, 6.07) is 6.80. The number of sulfonamides is 1. The van der Waals surface area contributed by atoms with Crippen molar-refractivity contribution < 1.29 is 8.42 Å². The summed E-state index contributed by atoms with van der Waals surface area (Å²) in [6.45, 7) is 7.31. The Morgan fingerprint density at radius 3 is 2.33 bits per heavy atom. The van der Waals surface area contributed by atoms with Gasteiger partial charge in [-0.05, 0) is 68.7 Å². The van der Waals surface area contributed by atoms with E-state index in [-0.39, 0.29) is 4.90 Å². The Balaban J connectivity index is 2.48. The van der Waals surface area contributed by atoms with Crippen molar-refractivity contribution in [2.75, 3.05) is 10.5 Å². The first kappa shape index (κ1) is 15.3. The molecule has 5 nitrogen and oxygen atoms in total. The van der Waals surface area contributed by atoms with Crippen LogP contribution in [-0.4, -0.2) is 13.4 Å². The van der Waals surface area contributed by atoms with Crippen LogP contribution in [-0.2, 0) is 10.0 Å². The number of nitrogen functional groups attached to an aromatic ring is 1. The maximum Gasteiger partial charge on any atom is 0.263 e. The second-order valence-electron chi connectivity index (χ2n) is 5.24. The highest BCUT2D eigenvalue weighted by molar-refractivity contribution is 7.92. The van der Waals surface area contributed by atoms with Gasteiger partial charge >= 0.3 is 0 Å². The van der Waals surface area contributed by atoms with E-state index in [1.54, 1.807) is 19.1 Å². The molecule has 1 heterocycles. The van der Waals surface area contributed by atoms with Crippen LogP contribution in [0.3, 0.4) is 0 Å². The van der Waals surface area contributed by atoms with Crippen LogP contribution in [0.15, 0.2) is 29.2 Å². The fourth-order valence-corrected chi connectivity index (χ4v) is 3.56. The molecule has 112 valence electrons. The molecule has 21 heavy (non-hydrogen) atoms. The molecule has 0 spiro atoms. The minimum absolute atomic E-state index is 0.181. The number of nitrogens with zero attached hydrogens (tertiary/aromatic N) is 1. The number of hydrogen-bond acceptors (Lipinski definition) is 4.